The number of carbonyl (C=O) groups excluding carboxylic acids is 1. The van der Waals surface area contributed by atoms with E-state index in [0.29, 0.717) is 18.9 Å². The highest BCUT2D eigenvalue weighted by atomic mass is 32.2. The molecule has 0 radical (unpaired) electrons. The Balaban J connectivity index is 1.40. The summed E-state index contributed by atoms with van der Waals surface area (Å²) in [6, 6.07) is 19.0. The molecule has 2 N–H and O–H groups in total. The highest BCUT2D eigenvalue weighted by Crippen LogP contribution is 2.19. The number of thioether (sulfide) groups is 1. The first-order valence-corrected chi connectivity index (χ1v) is 12.2. The third-order valence-electron chi connectivity index (χ3n) is 5.34. The Kier molecular flexibility index (Phi) is 9.28. The van der Waals surface area contributed by atoms with Crippen LogP contribution in [0, 0.1) is 12.8 Å². The van der Waals surface area contributed by atoms with Crippen LogP contribution < -0.4 is 10.6 Å². The van der Waals surface area contributed by atoms with E-state index in [1.807, 2.05) is 34.9 Å². The maximum atomic E-state index is 12.4. The summed E-state index contributed by atoms with van der Waals surface area (Å²) in [4.78, 5) is 20.4. The molecule has 1 aliphatic heterocycles. The zero-order valence-electron chi connectivity index (χ0n) is 18.6. The van der Waals surface area contributed by atoms with Gasteiger partial charge in [0, 0.05) is 55.7 Å². The molecule has 6 heteroatoms. The van der Waals surface area contributed by atoms with E-state index in [2.05, 4.69) is 60.9 Å². The van der Waals surface area contributed by atoms with Crippen molar-refractivity contribution in [1.29, 1.82) is 0 Å². The van der Waals surface area contributed by atoms with E-state index < -0.39 is 0 Å². The van der Waals surface area contributed by atoms with Crippen molar-refractivity contribution < 1.29 is 4.79 Å². The molecule has 0 aromatic heterocycles. The number of aliphatic imine (C=N–C) groups is 1. The summed E-state index contributed by atoms with van der Waals surface area (Å²) < 4.78 is 0. The lowest BCUT2D eigenvalue weighted by atomic mass is 10.1. The van der Waals surface area contributed by atoms with Crippen molar-refractivity contribution in [2.45, 2.75) is 31.6 Å². The molecule has 1 amide bonds. The van der Waals surface area contributed by atoms with Crippen molar-refractivity contribution in [3.05, 3.63) is 65.7 Å². The molecule has 0 aliphatic carbocycles. The van der Waals surface area contributed by atoms with Gasteiger partial charge in [-0.15, -0.1) is 11.8 Å². The minimum atomic E-state index is 0.253. The van der Waals surface area contributed by atoms with Crippen LogP contribution in [0.2, 0.25) is 0 Å². The summed E-state index contributed by atoms with van der Waals surface area (Å²) in [6.45, 7) is 8.11. The summed E-state index contributed by atoms with van der Waals surface area (Å²) in [6.07, 6.45) is 1.51. The van der Waals surface area contributed by atoms with Crippen molar-refractivity contribution in [2.75, 3.05) is 38.5 Å². The first kappa shape index (κ1) is 23.2. The average Bonchev–Trinajstić information content (AvgIpc) is 3.15. The Bertz CT molecular complexity index is 838. The number of carbonyl (C=O) groups is 1. The smallest absolute Gasteiger partial charge is 0.223 e. The molecule has 2 aromatic rings. The topological polar surface area (TPSA) is 56.7 Å². The molecule has 2 aromatic carbocycles. The third-order valence-corrected chi connectivity index (χ3v) is 6.36. The minimum Gasteiger partial charge on any atom is -0.357 e. The number of benzene rings is 2. The minimum absolute atomic E-state index is 0.253. The van der Waals surface area contributed by atoms with Crippen LogP contribution >= 0.6 is 11.8 Å². The maximum absolute atomic E-state index is 12.4. The summed E-state index contributed by atoms with van der Waals surface area (Å²) in [5, 5.41) is 6.73. The molecular weight excluding hydrogens is 404 g/mol. The first-order valence-electron chi connectivity index (χ1n) is 11.2. The molecule has 3 rings (SSSR count). The lowest BCUT2D eigenvalue weighted by molar-refractivity contribution is -0.127. The van der Waals surface area contributed by atoms with Crippen LogP contribution in [0.4, 0.5) is 0 Å². The van der Waals surface area contributed by atoms with E-state index in [9.17, 15) is 4.79 Å². The Morgan fingerprint density at radius 1 is 1.13 bits per heavy atom. The van der Waals surface area contributed by atoms with Crippen molar-refractivity contribution >= 4 is 23.6 Å². The van der Waals surface area contributed by atoms with E-state index in [1.165, 1.54) is 16.0 Å². The predicted octanol–water partition coefficient (Wildman–Crippen LogP) is 3.73. The van der Waals surface area contributed by atoms with E-state index in [4.69, 9.17) is 4.99 Å². The highest BCUT2D eigenvalue weighted by molar-refractivity contribution is 7.99. The van der Waals surface area contributed by atoms with Gasteiger partial charge >= 0.3 is 0 Å². The molecule has 1 heterocycles. The molecule has 0 bridgehead atoms. The molecule has 1 atom stereocenters. The van der Waals surface area contributed by atoms with Gasteiger partial charge in [-0.2, -0.15) is 0 Å². The number of hydrogen-bond donors (Lipinski definition) is 2. The highest BCUT2D eigenvalue weighted by Gasteiger charge is 2.28. The number of rotatable bonds is 10. The quantitative estimate of drug-likeness (QED) is 0.257. The molecular formula is C25H34N4OS. The molecule has 1 aliphatic rings. The van der Waals surface area contributed by atoms with Crippen LogP contribution in [-0.2, 0) is 11.2 Å². The van der Waals surface area contributed by atoms with Gasteiger partial charge in [0.1, 0.15) is 0 Å². The van der Waals surface area contributed by atoms with Gasteiger partial charge in [0.05, 0.1) is 0 Å². The fourth-order valence-electron chi connectivity index (χ4n) is 3.64. The fraction of sp³-hybridized carbons (Fsp3) is 0.440. The van der Waals surface area contributed by atoms with E-state index in [-0.39, 0.29) is 5.91 Å². The zero-order chi connectivity index (χ0) is 21.9. The molecule has 5 nitrogen and oxygen atoms in total. The largest absolute Gasteiger partial charge is 0.357 e. The summed E-state index contributed by atoms with van der Waals surface area (Å²) in [7, 11) is 0. The van der Waals surface area contributed by atoms with E-state index in [0.717, 1.165) is 44.3 Å². The van der Waals surface area contributed by atoms with Gasteiger partial charge in [-0.25, -0.2) is 0 Å². The van der Waals surface area contributed by atoms with Gasteiger partial charge in [0.25, 0.3) is 0 Å². The van der Waals surface area contributed by atoms with Gasteiger partial charge in [0.15, 0.2) is 5.96 Å². The SMILES string of the molecule is CCNC(=NCC1CC(=O)N(CCc2ccccc2)C1)NCCSc1ccc(C)cc1. The van der Waals surface area contributed by atoms with Gasteiger partial charge < -0.3 is 15.5 Å². The van der Waals surface area contributed by atoms with Crippen LogP contribution in [0.5, 0.6) is 0 Å². The van der Waals surface area contributed by atoms with E-state index in [1.54, 1.807) is 0 Å². The average molecular weight is 439 g/mol. The molecule has 0 saturated carbocycles. The maximum Gasteiger partial charge on any atom is 0.223 e. The molecule has 1 unspecified atom stereocenters. The molecule has 166 valence electrons. The number of aryl methyl sites for hydroxylation is 1. The number of nitrogens with zero attached hydrogens (tertiary/aromatic N) is 2. The van der Waals surface area contributed by atoms with Gasteiger partial charge in [0.2, 0.25) is 5.91 Å². The number of hydrogen-bond acceptors (Lipinski definition) is 3. The summed E-state index contributed by atoms with van der Waals surface area (Å²) in [5.74, 6) is 2.36. The monoisotopic (exact) mass is 438 g/mol. The Labute approximate surface area is 190 Å². The Morgan fingerprint density at radius 2 is 1.90 bits per heavy atom. The zero-order valence-corrected chi connectivity index (χ0v) is 19.5. The van der Waals surface area contributed by atoms with Crippen LogP contribution in [-0.4, -0.2) is 55.2 Å². The third kappa shape index (κ3) is 7.94. The molecule has 1 fully saturated rings. The van der Waals surface area contributed by atoms with Crippen LogP contribution in [0.15, 0.2) is 64.5 Å². The molecule has 0 spiro atoms. The number of likely N-dealkylation sites (tertiary alicyclic amines) is 1. The second-order valence-corrected chi connectivity index (χ2v) is 9.12. The summed E-state index contributed by atoms with van der Waals surface area (Å²) >= 11 is 1.84. The first-order chi connectivity index (χ1) is 15.1. The fourth-order valence-corrected chi connectivity index (χ4v) is 4.40. The lowest BCUT2D eigenvalue weighted by Gasteiger charge is -2.16. The van der Waals surface area contributed by atoms with Crippen molar-refractivity contribution in [2.24, 2.45) is 10.9 Å². The molecule has 31 heavy (non-hydrogen) atoms. The second-order valence-electron chi connectivity index (χ2n) is 7.95. The van der Waals surface area contributed by atoms with Crippen molar-refractivity contribution in [3.63, 3.8) is 0 Å². The van der Waals surface area contributed by atoms with Crippen LogP contribution in [0.25, 0.3) is 0 Å². The molecule has 1 saturated heterocycles. The van der Waals surface area contributed by atoms with Crippen LogP contribution in [0.1, 0.15) is 24.5 Å². The Hall–Kier alpha value is -2.47. The lowest BCUT2D eigenvalue weighted by Crippen LogP contribution is -2.38. The van der Waals surface area contributed by atoms with E-state index >= 15 is 0 Å². The Morgan fingerprint density at radius 3 is 2.65 bits per heavy atom. The summed E-state index contributed by atoms with van der Waals surface area (Å²) in [5.41, 5.74) is 2.56. The number of amides is 1. The van der Waals surface area contributed by atoms with Gasteiger partial charge in [-0.1, -0.05) is 48.0 Å². The second kappa shape index (κ2) is 12.4. The van der Waals surface area contributed by atoms with Gasteiger partial charge in [-0.05, 0) is 38.0 Å². The standard InChI is InChI=1S/C25H34N4OS/c1-3-26-25(27-14-16-31-23-11-9-20(2)10-12-23)28-18-22-17-24(30)29(19-22)15-13-21-7-5-4-6-8-21/h4-12,22H,3,13-19H2,1-2H3,(H2,26,27,28). The number of guanidine groups is 1. The predicted molar refractivity (Wildman–Crippen MR) is 131 cm³/mol. The van der Waals surface area contributed by atoms with Crippen LogP contribution in [0.3, 0.4) is 0 Å². The normalized spacial score (nSPS) is 16.6. The van der Waals surface area contributed by atoms with Gasteiger partial charge in [-0.3, -0.25) is 9.79 Å². The van der Waals surface area contributed by atoms with Crippen molar-refractivity contribution in [3.8, 4) is 0 Å². The van der Waals surface area contributed by atoms with Crippen molar-refractivity contribution in [1.82, 2.24) is 15.5 Å². The number of nitrogens with one attached hydrogen (secondary N) is 2.